The molecule has 4 heteroatoms. The minimum absolute atomic E-state index is 0.0180. The van der Waals surface area contributed by atoms with Crippen molar-refractivity contribution in [3.8, 4) is 0 Å². The number of anilines is 1. The lowest BCUT2D eigenvalue weighted by Crippen LogP contribution is -2.14. The van der Waals surface area contributed by atoms with E-state index in [9.17, 15) is 4.79 Å². The number of hydrogen-bond acceptors (Lipinski definition) is 1. The number of aryl methyl sites for hydroxylation is 1. The van der Waals surface area contributed by atoms with Crippen LogP contribution in [0.4, 0.5) is 5.69 Å². The fourth-order valence-electron chi connectivity index (χ4n) is 1.85. The van der Waals surface area contributed by atoms with Crippen molar-refractivity contribution in [1.82, 2.24) is 0 Å². The second-order valence-corrected chi connectivity index (χ2v) is 6.20. The molecule has 19 heavy (non-hydrogen) atoms. The number of nitrogens with one attached hydrogen (secondary N) is 1. The first-order valence-corrected chi connectivity index (χ1v) is 7.43. The molecule has 0 heterocycles. The Kier molecular flexibility index (Phi) is 4.77. The molecule has 0 spiro atoms. The maximum atomic E-state index is 12.0. The van der Waals surface area contributed by atoms with Gasteiger partial charge in [0, 0.05) is 14.6 Å². The fraction of sp³-hybridized carbons (Fsp3) is 0.133. The number of carbonyl (C=O) groups excluding carboxylic acids is 1. The van der Waals surface area contributed by atoms with Crippen molar-refractivity contribution in [3.63, 3.8) is 0 Å². The Morgan fingerprint density at radius 3 is 2.58 bits per heavy atom. The third-order valence-electron chi connectivity index (χ3n) is 2.58. The number of hydrogen-bond donors (Lipinski definition) is 1. The molecule has 0 saturated heterocycles. The standard InChI is InChI=1S/C15H13Br2NO/c1-10-5-13(17)9-14(6-10)18-15(19)8-11-3-2-4-12(16)7-11/h2-7,9H,8H2,1H3,(H,18,19). The molecule has 1 amide bonds. The van der Waals surface area contributed by atoms with Crippen LogP contribution in [0.3, 0.4) is 0 Å². The maximum absolute atomic E-state index is 12.0. The summed E-state index contributed by atoms with van der Waals surface area (Å²) in [6, 6.07) is 13.6. The minimum Gasteiger partial charge on any atom is -0.326 e. The average Bonchev–Trinajstić information content (AvgIpc) is 2.26. The van der Waals surface area contributed by atoms with E-state index < -0.39 is 0 Å². The van der Waals surface area contributed by atoms with Crippen LogP contribution in [0.1, 0.15) is 11.1 Å². The molecule has 0 unspecified atom stereocenters. The topological polar surface area (TPSA) is 29.1 Å². The number of benzene rings is 2. The Bertz CT molecular complexity index is 591. The molecule has 2 aromatic carbocycles. The fourth-order valence-corrected chi connectivity index (χ4v) is 2.90. The summed E-state index contributed by atoms with van der Waals surface area (Å²) < 4.78 is 1.95. The van der Waals surface area contributed by atoms with Crippen molar-refractivity contribution in [2.24, 2.45) is 0 Å². The van der Waals surface area contributed by atoms with Gasteiger partial charge in [-0.05, 0) is 48.4 Å². The molecule has 0 aliphatic heterocycles. The summed E-state index contributed by atoms with van der Waals surface area (Å²) in [5.74, 6) is -0.0180. The zero-order chi connectivity index (χ0) is 13.8. The lowest BCUT2D eigenvalue weighted by atomic mass is 10.1. The first kappa shape index (κ1) is 14.3. The van der Waals surface area contributed by atoms with Crippen LogP contribution in [0.5, 0.6) is 0 Å². The molecule has 2 rings (SSSR count). The van der Waals surface area contributed by atoms with Crippen molar-refractivity contribution in [2.75, 3.05) is 5.32 Å². The number of halogens is 2. The molecule has 0 aliphatic rings. The summed E-state index contributed by atoms with van der Waals surface area (Å²) in [5, 5.41) is 2.91. The predicted molar refractivity (Wildman–Crippen MR) is 85.4 cm³/mol. The van der Waals surface area contributed by atoms with E-state index >= 15 is 0 Å². The van der Waals surface area contributed by atoms with Crippen molar-refractivity contribution in [3.05, 3.63) is 62.5 Å². The van der Waals surface area contributed by atoms with Gasteiger partial charge in [0.25, 0.3) is 0 Å². The first-order valence-electron chi connectivity index (χ1n) is 5.84. The summed E-state index contributed by atoms with van der Waals surface area (Å²) in [7, 11) is 0. The van der Waals surface area contributed by atoms with Gasteiger partial charge in [0.2, 0.25) is 5.91 Å². The molecular weight excluding hydrogens is 370 g/mol. The van der Waals surface area contributed by atoms with Crippen LogP contribution in [-0.4, -0.2) is 5.91 Å². The Labute approximate surface area is 129 Å². The Morgan fingerprint density at radius 1 is 1.11 bits per heavy atom. The highest BCUT2D eigenvalue weighted by Gasteiger charge is 2.05. The van der Waals surface area contributed by atoms with E-state index in [0.29, 0.717) is 6.42 Å². The molecule has 1 N–H and O–H groups in total. The van der Waals surface area contributed by atoms with Crippen molar-refractivity contribution < 1.29 is 4.79 Å². The molecule has 0 bridgehead atoms. The molecule has 0 aromatic heterocycles. The summed E-state index contributed by atoms with van der Waals surface area (Å²) in [5.41, 5.74) is 2.90. The van der Waals surface area contributed by atoms with Crippen LogP contribution in [0.15, 0.2) is 51.4 Å². The summed E-state index contributed by atoms with van der Waals surface area (Å²) in [6.45, 7) is 1.99. The van der Waals surface area contributed by atoms with E-state index in [1.807, 2.05) is 49.4 Å². The highest BCUT2D eigenvalue weighted by molar-refractivity contribution is 9.10. The van der Waals surface area contributed by atoms with Crippen LogP contribution in [0.2, 0.25) is 0 Å². The van der Waals surface area contributed by atoms with Gasteiger partial charge in [-0.15, -0.1) is 0 Å². The first-order chi connectivity index (χ1) is 9.02. The quantitative estimate of drug-likeness (QED) is 0.818. The van der Waals surface area contributed by atoms with E-state index in [1.54, 1.807) is 0 Å². The van der Waals surface area contributed by atoms with Crippen LogP contribution in [0.25, 0.3) is 0 Å². The van der Waals surface area contributed by atoms with E-state index in [0.717, 1.165) is 25.8 Å². The molecule has 0 saturated carbocycles. The van der Waals surface area contributed by atoms with Gasteiger partial charge < -0.3 is 5.32 Å². The SMILES string of the molecule is Cc1cc(Br)cc(NC(=O)Cc2cccc(Br)c2)c1. The molecular formula is C15H13Br2NO. The summed E-state index contributed by atoms with van der Waals surface area (Å²) >= 11 is 6.82. The van der Waals surface area contributed by atoms with Crippen LogP contribution in [-0.2, 0) is 11.2 Å². The molecule has 0 fully saturated rings. The van der Waals surface area contributed by atoms with Gasteiger partial charge in [-0.2, -0.15) is 0 Å². The maximum Gasteiger partial charge on any atom is 0.228 e. The predicted octanol–water partition coefficient (Wildman–Crippen LogP) is 4.70. The van der Waals surface area contributed by atoms with E-state index in [2.05, 4.69) is 37.2 Å². The molecule has 2 aromatic rings. The lowest BCUT2D eigenvalue weighted by Gasteiger charge is -2.07. The molecule has 98 valence electrons. The molecule has 2 nitrogen and oxygen atoms in total. The smallest absolute Gasteiger partial charge is 0.228 e. The van der Waals surface area contributed by atoms with E-state index in [4.69, 9.17) is 0 Å². The van der Waals surface area contributed by atoms with Gasteiger partial charge in [-0.1, -0.05) is 44.0 Å². The lowest BCUT2D eigenvalue weighted by molar-refractivity contribution is -0.115. The zero-order valence-electron chi connectivity index (χ0n) is 10.4. The second-order valence-electron chi connectivity index (χ2n) is 4.37. The van der Waals surface area contributed by atoms with Crippen LogP contribution < -0.4 is 5.32 Å². The van der Waals surface area contributed by atoms with Gasteiger partial charge in [0.15, 0.2) is 0 Å². The highest BCUT2D eigenvalue weighted by Crippen LogP contribution is 2.19. The van der Waals surface area contributed by atoms with Crippen LogP contribution >= 0.6 is 31.9 Å². The Morgan fingerprint density at radius 2 is 1.89 bits per heavy atom. The summed E-state index contributed by atoms with van der Waals surface area (Å²) in [6.07, 6.45) is 0.366. The van der Waals surface area contributed by atoms with Gasteiger partial charge >= 0.3 is 0 Å². The molecule has 0 aliphatic carbocycles. The Hall–Kier alpha value is -1.13. The third kappa shape index (κ3) is 4.48. The Balaban J connectivity index is 2.05. The number of carbonyl (C=O) groups is 1. The van der Waals surface area contributed by atoms with Gasteiger partial charge in [0.05, 0.1) is 6.42 Å². The van der Waals surface area contributed by atoms with Crippen molar-refractivity contribution in [2.45, 2.75) is 13.3 Å². The molecule has 0 atom stereocenters. The zero-order valence-corrected chi connectivity index (χ0v) is 13.6. The second kappa shape index (κ2) is 6.35. The largest absolute Gasteiger partial charge is 0.326 e. The monoisotopic (exact) mass is 381 g/mol. The highest BCUT2D eigenvalue weighted by atomic mass is 79.9. The van der Waals surface area contributed by atoms with Gasteiger partial charge in [0.1, 0.15) is 0 Å². The average molecular weight is 383 g/mol. The number of rotatable bonds is 3. The van der Waals surface area contributed by atoms with Gasteiger partial charge in [-0.25, -0.2) is 0 Å². The van der Waals surface area contributed by atoms with Crippen molar-refractivity contribution in [1.29, 1.82) is 0 Å². The van der Waals surface area contributed by atoms with E-state index in [-0.39, 0.29) is 5.91 Å². The van der Waals surface area contributed by atoms with Crippen molar-refractivity contribution >= 4 is 43.5 Å². The summed E-state index contributed by atoms with van der Waals surface area (Å²) in [4.78, 5) is 12.0. The third-order valence-corrected chi connectivity index (χ3v) is 3.53. The van der Waals surface area contributed by atoms with Crippen LogP contribution in [0, 0.1) is 6.92 Å². The minimum atomic E-state index is -0.0180. The number of amides is 1. The van der Waals surface area contributed by atoms with E-state index in [1.165, 1.54) is 0 Å². The normalized spacial score (nSPS) is 10.3. The van der Waals surface area contributed by atoms with Gasteiger partial charge in [-0.3, -0.25) is 4.79 Å². The molecule has 0 radical (unpaired) electrons.